The molecule has 0 bridgehead atoms. The lowest BCUT2D eigenvalue weighted by atomic mass is 10.2. The van der Waals surface area contributed by atoms with E-state index in [1.165, 1.54) is 12.1 Å². The van der Waals surface area contributed by atoms with Crippen LogP contribution in [0.4, 0.5) is 10.1 Å². The lowest BCUT2D eigenvalue weighted by molar-refractivity contribution is 0.596. The fourth-order valence-electron chi connectivity index (χ4n) is 1.36. The first-order valence-electron chi connectivity index (χ1n) is 5.52. The van der Waals surface area contributed by atoms with Crippen LogP contribution < -0.4 is 10.0 Å². The molecule has 1 aromatic rings. The first-order chi connectivity index (χ1) is 8.35. The molecular formula is C11H16BrFN2O2S. The molecule has 0 saturated carbocycles. The Morgan fingerprint density at radius 3 is 2.67 bits per heavy atom. The molecule has 4 nitrogen and oxygen atoms in total. The number of nitrogens with one attached hydrogen (secondary N) is 2. The molecule has 18 heavy (non-hydrogen) atoms. The number of anilines is 1. The summed E-state index contributed by atoms with van der Waals surface area (Å²) in [6, 6.07) is 2.71. The summed E-state index contributed by atoms with van der Waals surface area (Å²) >= 11 is 3.03. The van der Waals surface area contributed by atoms with E-state index < -0.39 is 15.8 Å². The van der Waals surface area contributed by atoms with E-state index in [0.29, 0.717) is 17.8 Å². The average Bonchev–Trinajstić information content (AvgIpc) is 2.26. The molecule has 2 N–H and O–H groups in total. The van der Waals surface area contributed by atoms with Gasteiger partial charge in [0, 0.05) is 6.54 Å². The van der Waals surface area contributed by atoms with Crippen LogP contribution in [0.25, 0.3) is 0 Å². The molecule has 1 aromatic carbocycles. The van der Waals surface area contributed by atoms with Crippen molar-refractivity contribution in [1.29, 1.82) is 0 Å². The van der Waals surface area contributed by atoms with Gasteiger partial charge in [-0.3, -0.25) is 4.72 Å². The molecule has 0 amide bonds. The van der Waals surface area contributed by atoms with Gasteiger partial charge in [-0.2, -0.15) is 0 Å². The summed E-state index contributed by atoms with van der Waals surface area (Å²) in [4.78, 5) is 0. The van der Waals surface area contributed by atoms with E-state index >= 15 is 0 Å². The van der Waals surface area contributed by atoms with Crippen molar-refractivity contribution in [2.75, 3.05) is 23.6 Å². The third kappa shape index (κ3) is 4.55. The minimum absolute atomic E-state index is 0.0186. The van der Waals surface area contributed by atoms with E-state index in [0.717, 1.165) is 6.54 Å². The minimum atomic E-state index is -3.41. The highest BCUT2D eigenvalue weighted by Crippen LogP contribution is 2.24. The van der Waals surface area contributed by atoms with Crippen molar-refractivity contribution in [3.63, 3.8) is 0 Å². The highest BCUT2D eigenvalue weighted by atomic mass is 79.9. The Balaban J connectivity index is 2.81. The van der Waals surface area contributed by atoms with Crippen molar-refractivity contribution < 1.29 is 12.8 Å². The molecule has 0 radical (unpaired) electrons. The molecule has 0 fully saturated rings. The maximum absolute atomic E-state index is 13.2. The predicted octanol–water partition coefficient (Wildman–Crippen LogP) is 2.25. The normalized spacial score (nSPS) is 11.6. The SMILES string of the molecule is CCNCCS(=O)(=O)Nc1cc(Br)c(F)cc1C. The lowest BCUT2D eigenvalue weighted by Crippen LogP contribution is -2.26. The van der Waals surface area contributed by atoms with Gasteiger partial charge in [-0.15, -0.1) is 0 Å². The summed E-state index contributed by atoms with van der Waals surface area (Å²) in [6.07, 6.45) is 0. The topological polar surface area (TPSA) is 58.2 Å². The van der Waals surface area contributed by atoms with Crippen LogP contribution in [0.3, 0.4) is 0 Å². The van der Waals surface area contributed by atoms with Crippen molar-refractivity contribution in [3.05, 3.63) is 28.0 Å². The fourth-order valence-corrected chi connectivity index (χ4v) is 2.77. The smallest absolute Gasteiger partial charge is 0.233 e. The van der Waals surface area contributed by atoms with E-state index in [2.05, 4.69) is 26.0 Å². The predicted molar refractivity (Wildman–Crippen MR) is 74.8 cm³/mol. The van der Waals surface area contributed by atoms with Crippen molar-refractivity contribution in [3.8, 4) is 0 Å². The molecule has 7 heteroatoms. The zero-order valence-corrected chi connectivity index (χ0v) is 12.7. The Morgan fingerprint density at radius 1 is 1.39 bits per heavy atom. The van der Waals surface area contributed by atoms with E-state index in [9.17, 15) is 12.8 Å². The monoisotopic (exact) mass is 338 g/mol. The maximum atomic E-state index is 13.2. The van der Waals surface area contributed by atoms with E-state index in [1.807, 2.05) is 6.92 Å². The number of aryl methyl sites for hydroxylation is 1. The minimum Gasteiger partial charge on any atom is -0.316 e. The Morgan fingerprint density at radius 2 is 2.06 bits per heavy atom. The van der Waals surface area contributed by atoms with Crippen molar-refractivity contribution >= 4 is 31.6 Å². The van der Waals surface area contributed by atoms with Gasteiger partial charge in [0.1, 0.15) is 5.82 Å². The number of benzene rings is 1. The van der Waals surface area contributed by atoms with Crippen LogP contribution in [0.1, 0.15) is 12.5 Å². The largest absolute Gasteiger partial charge is 0.316 e. The Bertz CT molecular complexity index is 520. The summed E-state index contributed by atoms with van der Waals surface area (Å²) in [5.74, 6) is -0.432. The summed E-state index contributed by atoms with van der Waals surface area (Å²) < 4.78 is 39.4. The first kappa shape index (κ1) is 15.4. The van der Waals surface area contributed by atoms with Crippen LogP contribution in [0.5, 0.6) is 0 Å². The zero-order chi connectivity index (χ0) is 13.8. The number of rotatable bonds is 6. The summed E-state index contributed by atoms with van der Waals surface area (Å²) in [6.45, 7) is 4.66. The van der Waals surface area contributed by atoms with Crippen LogP contribution in [0.2, 0.25) is 0 Å². The molecule has 0 heterocycles. The van der Waals surface area contributed by atoms with Crippen LogP contribution in [0, 0.1) is 12.7 Å². The van der Waals surface area contributed by atoms with Crippen molar-refractivity contribution in [2.24, 2.45) is 0 Å². The standard InChI is InChI=1S/C11H16BrFN2O2S/c1-3-14-4-5-18(16,17)15-11-7-9(12)10(13)6-8(11)2/h6-7,14-15H,3-5H2,1-2H3. The second kappa shape index (κ2) is 6.49. The summed E-state index contributed by atoms with van der Waals surface area (Å²) in [5, 5.41) is 2.94. The Kier molecular flexibility index (Phi) is 5.55. The molecule has 0 atom stereocenters. The van der Waals surface area contributed by atoms with Crippen molar-refractivity contribution in [2.45, 2.75) is 13.8 Å². The van der Waals surface area contributed by atoms with Gasteiger partial charge >= 0.3 is 0 Å². The third-order valence-corrected chi connectivity index (χ3v) is 4.21. The quantitative estimate of drug-likeness (QED) is 0.782. The molecular weight excluding hydrogens is 323 g/mol. The van der Waals surface area contributed by atoms with E-state index in [4.69, 9.17) is 0 Å². The molecule has 0 spiro atoms. The lowest BCUT2D eigenvalue weighted by Gasteiger charge is -2.11. The van der Waals surface area contributed by atoms with Gasteiger partial charge in [-0.05, 0) is 47.1 Å². The summed E-state index contributed by atoms with van der Waals surface area (Å²) in [7, 11) is -3.41. The number of sulfonamides is 1. The molecule has 0 aliphatic carbocycles. The van der Waals surface area contributed by atoms with Gasteiger partial charge in [0.2, 0.25) is 10.0 Å². The molecule has 1 rings (SSSR count). The number of halogens is 2. The second-order valence-corrected chi connectivity index (χ2v) is 6.55. The molecule has 0 saturated heterocycles. The summed E-state index contributed by atoms with van der Waals surface area (Å²) in [5.41, 5.74) is 0.933. The highest BCUT2D eigenvalue weighted by molar-refractivity contribution is 9.10. The average molecular weight is 339 g/mol. The Hall–Kier alpha value is -0.660. The van der Waals surface area contributed by atoms with Gasteiger partial charge in [-0.25, -0.2) is 12.8 Å². The van der Waals surface area contributed by atoms with Gasteiger partial charge in [0.05, 0.1) is 15.9 Å². The second-order valence-electron chi connectivity index (χ2n) is 3.86. The van der Waals surface area contributed by atoms with E-state index in [1.54, 1.807) is 6.92 Å². The van der Waals surface area contributed by atoms with Gasteiger partial charge in [-0.1, -0.05) is 6.92 Å². The number of hydrogen-bond donors (Lipinski definition) is 2. The van der Waals surface area contributed by atoms with Crippen LogP contribution in [0.15, 0.2) is 16.6 Å². The van der Waals surface area contributed by atoms with E-state index in [-0.39, 0.29) is 10.2 Å². The first-order valence-corrected chi connectivity index (χ1v) is 7.97. The van der Waals surface area contributed by atoms with Crippen molar-refractivity contribution in [1.82, 2.24) is 5.32 Å². The highest BCUT2D eigenvalue weighted by Gasteiger charge is 2.13. The van der Waals surface area contributed by atoms with Crippen LogP contribution in [-0.2, 0) is 10.0 Å². The Labute approximate surface area is 115 Å². The molecule has 0 aliphatic heterocycles. The molecule has 102 valence electrons. The van der Waals surface area contributed by atoms with Gasteiger partial charge < -0.3 is 5.32 Å². The third-order valence-electron chi connectivity index (χ3n) is 2.33. The molecule has 0 aliphatic rings. The number of hydrogen-bond acceptors (Lipinski definition) is 3. The van der Waals surface area contributed by atoms with Crippen LogP contribution >= 0.6 is 15.9 Å². The fraction of sp³-hybridized carbons (Fsp3) is 0.455. The molecule has 0 aromatic heterocycles. The zero-order valence-electron chi connectivity index (χ0n) is 10.3. The van der Waals surface area contributed by atoms with Gasteiger partial charge in [0.25, 0.3) is 0 Å². The molecule has 0 unspecified atom stereocenters. The van der Waals surface area contributed by atoms with Gasteiger partial charge in [0.15, 0.2) is 0 Å². The van der Waals surface area contributed by atoms with Crippen LogP contribution in [-0.4, -0.2) is 27.3 Å². The maximum Gasteiger partial charge on any atom is 0.233 e.